The zero-order chi connectivity index (χ0) is 18.7. The fourth-order valence-electron chi connectivity index (χ4n) is 5.42. The van der Waals surface area contributed by atoms with Crippen LogP contribution < -0.4 is 19.1 Å². The van der Waals surface area contributed by atoms with Gasteiger partial charge >= 0.3 is 0 Å². The lowest BCUT2D eigenvalue weighted by molar-refractivity contribution is 0.173. The Morgan fingerprint density at radius 2 is 1.75 bits per heavy atom. The molecule has 0 bridgehead atoms. The number of hydrogen-bond acceptors (Lipinski definition) is 5. The number of ether oxygens (including phenoxy) is 3. The van der Waals surface area contributed by atoms with Gasteiger partial charge in [-0.1, -0.05) is 18.2 Å². The Morgan fingerprint density at radius 3 is 2.61 bits per heavy atom. The molecule has 0 radical (unpaired) electrons. The zero-order valence-corrected chi connectivity index (χ0v) is 16.3. The molecule has 5 heteroatoms. The predicted molar refractivity (Wildman–Crippen MR) is 108 cm³/mol. The van der Waals surface area contributed by atoms with Gasteiger partial charge in [-0.3, -0.25) is 0 Å². The summed E-state index contributed by atoms with van der Waals surface area (Å²) in [6.07, 6.45) is 2.57. The first kappa shape index (κ1) is 16.5. The molecule has 1 saturated heterocycles. The molecule has 2 aromatic rings. The van der Waals surface area contributed by atoms with Crippen molar-refractivity contribution in [3.8, 4) is 17.2 Å². The minimum absolute atomic E-state index is 0.113. The second-order valence-corrected chi connectivity index (χ2v) is 8.72. The molecule has 0 saturated carbocycles. The first-order valence-electron chi connectivity index (χ1n) is 10.3. The van der Waals surface area contributed by atoms with E-state index in [0.29, 0.717) is 13.4 Å². The molecule has 1 fully saturated rings. The fraction of sp³-hybridized carbons (Fsp3) is 0.478. The quantitative estimate of drug-likeness (QED) is 0.801. The van der Waals surface area contributed by atoms with Crippen molar-refractivity contribution in [2.75, 3.05) is 51.5 Å². The van der Waals surface area contributed by atoms with Crippen LogP contribution >= 0.6 is 0 Å². The van der Waals surface area contributed by atoms with Gasteiger partial charge < -0.3 is 24.0 Å². The molecular weight excluding hydrogens is 352 g/mol. The maximum Gasteiger partial charge on any atom is 0.231 e. The number of rotatable bonds is 2. The number of nitrogens with zero attached hydrogens (tertiary/aromatic N) is 2. The third-order valence-corrected chi connectivity index (χ3v) is 7.00. The summed E-state index contributed by atoms with van der Waals surface area (Å²) in [5.74, 6) is 3.35. The molecule has 2 aromatic carbocycles. The molecule has 6 rings (SSSR count). The number of hydrogen-bond donors (Lipinski definition) is 0. The standard InChI is InChI=1S/C23H26N2O3/c1-24-8-6-16(7-9-24)12-25-13-23(17-4-2-3-5-19(17)25)14-26-20-11-22-21(10-18(20)23)27-15-28-22/h2-5,10-11,16H,6-9,12-15H2,1H3. The number of piperidine rings is 1. The van der Waals surface area contributed by atoms with Gasteiger partial charge in [0.25, 0.3) is 0 Å². The Hall–Kier alpha value is -2.40. The van der Waals surface area contributed by atoms with Crippen LogP contribution in [0.2, 0.25) is 0 Å². The van der Waals surface area contributed by atoms with E-state index in [-0.39, 0.29) is 5.41 Å². The average molecular weight is 378 g/mol. The van der Waals surface area contributed by atoms with Gasteiger partial charge in [-0.25, -0.2) is 0 Å². The maximum absolute atomic E-state index is 6.20. The highest BCUT2D eigenvalue weighted by Gasteiger charge is 2.50. The summed E-state index contributed by atoms with van der Waals surface area (Å²) in [4.78, 5) is 5.05. The van der Waals surface area contributed by atoms with Crippen LogP contribution in [0.25, 0.3) is 0 Å². The van der Waals surface area contributed by atoms with Gasteiger partial charge in [0.05, 0.1) is 5.41 Å². The van der Waals surface area contributed by atoms with E-state index in [4.69, 9.17) is 14.2 Å². The van der Waals surface area contributed by atoms with Gasteiger partial charge in [0, 0.05) is 30.4 Å². The van der Waals surface area contributed by atoms with Gasteiger partial charge in [0.2, 0.25) is 6.79 Å². The summed E-state index contributed by atoms with van der Waals surface area (Å²) < 4.78 is 17.4. The zero-order valence-electron chi connectivity index (χ0n) is 16.3. The van der Waals surface area contributed by atoms with Crippen molar-refractivity contribution in [2.24, 2.45) is 5.92 Å². The lowest BCUT2D eigenvalue weighted by Crippen LogP contribution is -2.40. The van der Waals surface area contributed by atoms with Gasteiger partial charge in [-0.2, -0.15) is 0 Å². The van der Waals surface area contributed by atoms with Gasteiger partial charge in [0.15, 0.2) is 11.5 Å². The second kappa shape index (κ2) is 6.05. The highest BCUT2D eigenvalue weighted by atomic mass is 16.7. The highest BCUT2D eigenvalue weighted by molar-refractivity contribution is 5.70. The van der Waals surface area contributed by atoms with E-state index in [9.17, 15) is 0 Å². The third-order valence-electron chi connectivity index (χ3n) is 7.00. The van der Waals surface area contributed by atoms with E-state index in [1.54, 1.807) is 0 Å². The van der Waals surface area contributed by atoms with E-state index in [2.05, 4.69) is 47.2 Å². The highest BCUT2D eigenvalue weighted by Crippen LogP contribution is 2.54. The molecule has 1 atom stereocenters. The number of likely N-dealkylation sites (tertiary alicyclic amines) is 1. The molecule has 0 amide bonds. The van der Waals surface area contributed by atoms with Crippen LogP contribution in [-0.4, -0.2) is 51.5 Å². The molecule has 4 aliphatic rings. The molecule has 146 valence electrons. The van der Waals surface area contributed by atoms with Crippen LogP contribution in [0, 0.1) is 5.92 Å². The van der Waals surface area contributed by atoms with E-state index >= 15 is 0 Å². The van der Waals surface area contributed by atoms with E-state index in [1.807, 2.05) is 6.07 Å². The Morgan fingerprint density at radius 1 is 0.964 bits per heavy atom. The topological polar surface area (TPSA) is 34.2 Å². The summed E-state index contributed by atoms with van der Waals surface area (Å²) >= 11 is 0. The summed E-state index contributed by atoms with van der Waals surface area (Å²) in [5.41, 5.74) is 3.89. The van der Waals surface area contributed by atoms with Gasteiger partial charge in [-0.15, -0.1) is 0 Å². The molecule has 1 unspecified atom stereocenters. The van der Waals surface area contributed by atoms with Crippen molar-refractivity contribution < 1.29 is 14.2 Å². The monoisotopic (exact) mass is 378 g/mol. The summed E-state index contributed by atoms with van der Waals surface area (Å²) in [6, 6.07) is 13.0. The van der Waals surface area contributed by atoms with Gasteiger partial charge in [-0.05, 0) is 56.6 Å². The van der Waals surface area contributed by atoms with Crippen LogP contribution in [0.1, 0.15) is 24.0 Å². The Kier molecular flexibility index (Phi) is 3.57. The lowest BCUT2D eigenvalue weighted by atomic mass is 9.77. The van der Waals surface area contributed by atoms with E-state index in [0.717, 1.165) is 36.3 Å². The maximum atomic E-state index is 6.20. The van der Waals surface area contributed by atoms with Crippen molar-refractivity contribution in [1.29, 1.82) is 0 Å². The van der Waals surface area contributed by atoms with Crippen LogP contribution in [0.4, 0.5) is 5.69 Å². The molecule has 0 aliphatic carbocycles. The Bertz CT molecular complexity index is 922. The first-order chi connectivity index (χ1) is 13.7. The van der Waals surface area contributed by atoms with E-state index in [1.165, 1.54) is 42.7 Å². The molecule has 1 spiro atoms. The third kappa shape index (κ3) is 2.35. The number of anilines is 1. The lowest BCUT2D eigenvalue weighted by Gasteiger charge is -2.33. The SMILES string of the molecule is CN1CCC(CN2CC3(COc4cc5c(cc43)OCO5)c3ccccc32)CC1. The predicted octanol–water partition coefficient (Wildman–Crippen LogP) is 3.26. The summed E-state index contributed by atoms with van der Waals surface area (Å²) in [5, 5.41) is 0. The average Bonchev–Trinajstić information content (AvgIpc) is 3.40. The molecule has 4 heterocycles. The molecule has 0 N–H and O–H groups in total. The number of para-hydroxylation sites is 1. The number of benzene rings is 2. The van der Waals surface area contributed by atoms with Crippen molar-refractivity contribution in [2.45, 2.75) is 18.3 Å². The van der Waals surface area contributed by atoms with Crippen LogP contribution in [0.3, 0.4) is 0 Å². The molecule has 0 aromatic heterocycles. The first-order valence-corrected chi connectivity index (χ1v) is 10.3. The Labute approximate surface area is 165 Å². The smallest absolute Gasteiger partial charge is 0.231 e. The minimum atomic E-state index is -0.113. The van der Waals surface area contributed by atoms with Crippen molar-refractivity contribution in [3.05, 3.63) is 47.5 Å². The van der Waals surface area contributed by atoms with Gasteiger partial charge in [0.1, 0.15) is 12.4 Å². The van der Waals surface area contributed by atoms with E-state index < -0.39 is 0 Å². The molecule has 28 heavy (non-hydrogen) atoms. The molecule has 5 nitrogen and oxygen atoms in total. The van der Waals surface area contributed by atoms with Crippen molar-refractivity contribution in [1.82, 2.24) is 4.90 Å². The van der Waals surface area contributed by atoms with Crippen LogP contribution in [0.15, 0.2) is 36.4 Å². The summed E-state index contributed by atoms with van der Waals surface area (Å²) in [6.45, 7) is 5.51. The van der Waals surface area contributed by atoms with Crippen molar-refractivity contribution in [3.63, 3.8) is 0 Å². The minimum Gasteiger partial charge on any atom is -0.492 e. The van der Waals surface area contributed by atoms with Crippen LogP contribution in [0.5, 0.6) is 17.2 Å². The van der Waals surface area contributed by atoms with Crippen LogP contribution in [-0.2, 0) is 5.41 Å². The van der Waals surface area contributed by atoms with Crippen molar-refractivity contribution >= 4 is 5.69 Å². The Balaban J connectivity index is 1.37. The molecule has 4 aliphatic heterocycles. The number of fused-ring (bicyclic) bond motifs is 5. The normalized spacial score (nSPS) is 25.8. The largest absolute Gasteiger partial charge is 0.492 e. The fourth-order valence-corrected chi connectivity index (χ4v) is 5.42. The summed E-state index contributed by atoms with van der Waals surface area (Å²) in [7, 11) is 2.23. The molecular formula is C23H26N2O3. The second-order valence-electron chi connectivity index (χ2n) is 8.72.